The molecule has 0 radical (unpaired) electrons. The number of amides is 1. The van der Waals surface area contributed by atoms with Crippen LogP contribution in [0.1, 0.15) is 31.0 Å². The van der Waals surface area contributed by atoms with Crippen molar-refractivity contribution < 1.29 is 14.3 Å². The highest BCUT2D eigenvalue weighted by Gasteiger charge is 2.17. The quantitative estimate of drug-likeness (QED) is 0.768. The molecule has 1 atom stereocenters. The molecular weight excluding hydrogens is 314 g/mol. The molecule has 0 aliphatic carbocycles. The van der Waals surface area contributed by atoms with Crippen LogP contribution >= 0.6 is 0 Å². The molecule has 0 heterocycles. The van der Waals surface area contributed by atoms with Gasteiger partial charge in [-0.1, -0.05) is 38.1 Å². The third-order valence-corrected chi connectivity index (χ3v) is 3.96. The van der Waals surface area contributed by atoms with Crippen molar-refractivity contribution in [3.05, 3.63) is 65.7 Å². The summed E-state index contributed by atoms with van der Waals surface area (Å²) in [6.45, 7) is 4.17. The Morgan fingerprint density at radius 3 is 2.28 bits per heavy atom. The van der Waals surface area contributed by atoms with Gasteiger partial charge in [0.2, 0.25) is 5.91 Å². The average Bonchev–Trinajstić information content (AvgIpc) is 2.64. The summed E-state index contributed by atoms with van der Waals surface area (Å²) in [4.78, 5) is 12.3. The van der Waals surface area contributed by atoms with Gasteiger partial charge in [-0.15, -0.1) is 0 Å². The molecule has 0 bridgehead atoms. The van der Waals surface area contributed by atoms with Crippen LogP contribution in [-0.4, -0.2) is 20.1 Å². The zero-order valence-electron chi connectivity index (χ0n) is 15.2. The number of methoxy groups -OCH3 is 2. The van der Waals surface area contributed by atoms with Gasteiger partial charge in [-0.3, -0.25) is 4.79 Å². The minimum Gasteiger partial charge on any atom is -0.497 e. The van der Waals surface area contributed by atoms with Gasteiger partial charge in [0, 0.05) is 6.08 Å². The van der Waals surface area contributed by atoms with Crippen molar-refractivity contribution in [3.8, 4) is 11.5 Å². The predicted molar refractivity (Wildman–Crippen MR) is 101 cm³/mol. The number of carbonyl (C=O) groups is 1. The molecule has 132 valence electrons. The largest absolute Gasteiger partial charge is 0.497 e. The van der Waals surface area contributed by atoms with Crippen LogP contribution in [0.2, 0.25) is 0 Å². The van der Waals surface area contributed by atoms with Crippen molar-refractivity contribution >= 4 is 12.0 Å². The van der Waals surface area contributed by atoms with Crippen molar-refractivity contribution in [2.45, 2.75) is 19.9 Å². The maximum absolute atomic E-state index is 12.3. The van der Waals surface area contributed by atoms with Gasteiger partial charge in [0.25, 0.3) is 0 Å². The van der Waals surface area contributed by atoms with Crippen molar-refractivity contribution in [3.63, 3.8) is 0 Å². The summed E-state index contributed by atoms with van der Waals surface area (Å²) < 4.78 is 10.4. The highest BCUT2D eigenvalue weighted by Crippen LogP contribution is 2.24. The average molecular weight is 339 g/mol. The lowest BCUT2D eigenvalue weighted by Crippen LogP contribution is -2.30. The molecule has 0 saturated carbocycles. The van der Waals surface area contributed by atoms with Crippen LogP contribution in [0.15, 0.2) is 54.6 Å². The lowest BCUT2D eigenvalue weighted by molar-refractivity contribution is -0.117. The van der Waals surface area contributed by atoms with Crippen molar-refractivity contribution in [1.82, 2.24) is 5.32 Å². The second-order valence-corrected chi connectivity index (χ2v) is 6.11. The van der Waals surface area contributed by atoms with E-state index in [0.29, 0.717) is 0 Å². The number of carbonyl (C=O) groups excluding carboxylic acids is 1. The van der Waals surface area contributed by atoms with Gasteiger partial charge in [-0.2, -0.15) is 0 Å². The van der Waals surface area contributed by atoms with E-state index >= 15 is 0 Å². The van der Waals surface area contributed by atoms with E-state index in [1.54, 1.807) is 26.4 Å². The van der Waals surface area contributed by atoms with Crippen molar-refractivity contribution in [2.75, 3.05) is 14.2 Å². The van der Waals surface area contributed by atoms with Gasteiger partial charge in [-0.25, -0.2) is 0 Å². The van der Waals surface area contributed by atoms with Crippen LogP contribution in [0.4, 0.5) is 0 Å². The van der Waals surface area contributed by atoms with E-state index in [4.69, 9.17) is 9.47 Å². The van der Waals surface area contributed by atoms with E-state index < -0.39 is 0 Å². The zero-order chi connectivity index (χ0) is 18.2. The fourth-order valence-corrected chi connectivity index (χ4v) is 2.56. The number of nitrogens with one attached hydrogen (secondary N) is 1. The highest BCUT2D eigenvalue weighted by molar-refractivity contribution is 5.92. The van der Waals surface area contributed by atoms with E-state index in [-0.39, 0.29) is 17.9 Å². The number of benzene rings is 2. The first kappa shape index (κ1) is 18.6. The Labute approximate surface area is 149 Å². The van der Waals surface area contributed by atoms with Gasteiger partial charge in [0.15, 0.2) is 0 Å². The third-order valence-electron chi connectivity index (χ3n) is 3.96. The van der Waals surface area contributed by atoms with Crippen LogP contribution in [0.5, 0.6) is 11.5 Å². The van der Waals surface area contributed by atoms with E-state index in [2.05, 4.69) is 19.2 Å². The maximum Gasteiger partial charge on any atom is 0.244 e. The smallest absolute Gasteiger partial charge is 0.244 e. The topological polar surface area (TPSA) is 47.6 Å². The molecule has 2 aromatic carbocycles. The van der Waals surface area contributed by atoms with Gasteiger partial charge < -0.3 is 14.8 Å². The number of ether oxygens (including phenoxy) is 2. The first-order valence-corrected chi connectivity index (χ1v) is 8.30. The van der Waals surface area contributed by atoms with E-state index in [9.17, 15) is 4.79 Å². The maximum atomic E-state index is 12.3. The van der Waals surface area contributed by atoms with Crippen LogP contribution in [0.3, 0.4) is 0 Å². The number of rotatable bonds is 7. The summed E-state index contributed by atoms with van der Waals surface area (Å²) in [7, 11) is 3.26. The molecule has 4 heteroatoms. The minimum atomic E-state index is -0.127. The van der Waals surface area contributed by atoms with E-state index in [0.717, 1.165) is 22.6 Å². The molecule has 25 heavy (non-hydrogen) atoms. The Kier molecular flexibility index (Phi) is 6.63. The van der Waals surface area contributed by atoms with E-state index in [1.807, 2.05) is 48.5 Å². The monoisotopic (exact) mass is 339 g/mol. The fraction of sp³-hybridized carbons (Fsp3) is 0.286. The Hall–Kier alpha value is -2.75. The van der Waals surface area contributed by atoms with E-state index in [1.165, 1.54) is 0 Å². The summed E-state index contributed by atoms with van der Waals surface area (Å²) in [5.74, 6) is 1.70. The second-order valence-electron chi connectivity index (χ2n) is 6.11. The summed E-state index contributed by atoms with van der Waals surface area (Å²) >= 11 is 0. The minimum absolute atomic E-state index is 0.0617. The standard InChI is InChI=1S/C21H25NO3/c1-15(2)21(17-9-11-18(24-3)12-10-17)22-20(23)13-8-16-6-5-7-19(14-16)25-4/h5-15,21H,1-4H3,(H,22,23)/b13-8+/t21-/m1/s1. The second kappa shape index (κ2) is 8.92. The highest BCUT2D eigenvalue weighted by atomic mass is 16.5. The normalized spacial score (nSPS) is 12.2. The Morgan fingerprint density at radius 1 is 1.00 bits per heavy atom. The molecule has 1 amide bonds. The molecule has 0 aliphatic heterocycles. The van der Waals surface area contributed by atoms with Crippen LogP contribution in [-0.2, 0) is 4.79 Å². The third kappa shape index (κ3) is 5.38. The lowest BCUT2D eigenvalue weighted by Gasteiger charge is -2.22. The molecule has 0 spiro atoms. The van der Waals surface area contributed by atoms with Gasteiger partial charge in [0.1, 0.15) is 11.5 Å². The molecule has 0 unspecified atom stereocenters. The van der Waals surface area contributed by atoms with Gasteiger partial charge in [0.05, 0.1) is 20.3 Å². The Morgan fingerprint density at radius 2 is 1.68 bits per heavy atom. The van der Waals surface area contributed by atoms with Crippen molar-refractivity contribution in [1.29, 1.82) is 0 Å². The Bertz CT molecular complexity index is 720. The fourth-order valence-electron chi connectivity index (χ4n) is 2.56. The Balaban J connectivity index is 2.07. The SMILES string of the molecule is COc1ccc([C@H](NC(=O)/C=C/c2cccc(OC)c2)C(C)C)cc1. The molecule has 0 saturated heterocycles. The van der Waals surface area contributed by atoms with Gasteiger partial charge >= 0.3 is 0 Å². The summed E-state index contributed by atoms with van der Waals surface area (Å²) in [5, 5.41) is 3.07. The molecular formula is C21H25NO3. The molecule has 0 aromatic heterocycles. The summed E-state index contributed by atoms with van der Waals surface area (Å²) in [6, 6.07) is 15.3. The molecule has 1 N–H and O–H groups in total. The number of hydrogen-bond donors (Lipinski definition) is 1. The number of hydrogen-bond acceptors (Lipinski definition) is 3. The summed E-state index contributed by atoms with van der Waals surface area (Å²) in [6.07, 6.45) is 3.33. The molecule has 0 fully saturated rings. The predicted octanol–water partition coefficient (Wildman–Crippen LogP) is 4.23. The first-order chi connectivity index (χ1) is 12.0. The molecule has 2 aromatic rings. The molecule has 0 aliphatic rings. The van der Waals surface area contributed by atoms with Gasteiger partial charge in [-0.05, 0) is 47.4 Å². The summed E-state index contributed by atoms with van der Waals surface area (Å²) in [5.41, 5.74) is 1.97. The molecule has 4 nitrogen and oxygen atoms in total. The zero-order valence-corrected chi connectivity index (χ0v) is 15.2. The van der Waals surface area contributed by atoms with Crippen LogP contribution < -0.4 is 14.8 Å². The lowest BCUT2D eigenvalue weighted by atomic mass is 9.96. The first-order valence-electron chi connectivity index (χ1n) is 8.30. The molecule has 2 rings (SSSR count). The van der Waals surface area contributed by atoms with Crippen LogP contribution in [0, 0.1) is 5.92 Å². The van der Waals surface area contributed by atoms with Crippen molar-refractivity contribution in [2.24, 2.45) is 5.92 Å². The van der Waals surface area contributed by atoms with Crippen LogP contribution in [0.25, 0.3) is 6.08 Å².